The summed E-state index contributed by atoms with van der Waals surface area (Å²) in [7, 11) is 1.33. The van der Waals surface area contributed by atoms with Crippen LogP contribution in [0.4, 0.5) is 5.69 Å². The van der Waals surface area contributed by atoms with E-state index < -0.39 is 5.97 Å². The van der Waals surface area contributed by atoms with Gasteiger partial charge in [0.2, 0.25) is 0 Å². The van der Waals surface area contributed by atoms with E-state index in [4.69, 9.17) is 4.74 Å². The number of carbonyl (C=O) groups excluding carboxylic acids is 1. The Morgan fingerprint density at radius 1 is 1.38 bits per heavy atom. The number of aromatic nitrogens is 1. The van der Waals surface area contributed by atoms with Crippen LogP contribution in [0.25, 0.3) is 0 Å². The average molecular weight is 306 g/mol. The normalized spacial score (nSPS) is 11.8. The number of hydrogen-bond donors (Lipinski definition) is 1. The molecule has 112 valence electrons. The summed E-state index contributed by atoms with van der Waals surface area (Å²) in [5.41, 5.74) is 2.00. The number of anilines is 1. The van der Waals surface area contributed by atoms with Crippen LogP contribution in [0.15, 0.2) is 29.6 Å². The van der Waals surface area contributed by atoms with Crippen LogP contribution in [0.3, 0.4) is 0 Å². The number of nitrogens with one attached hydrogen (secondary N) is 1. The van der Waals surface area contributed by atoms with Crippen LogP contribution < -0.4 is 10.1 Å². The van der Waals surface area contributed by atoms with Crippen LogP contribution in [0, 0.1) is 6.92 Å². The maximum Gasteiger partial charge on any atom is 0.343 e. The Morgan fingerprint density at radius 3 is 2.67 bits per heavy atom. The highest BCUT2D eigenvalue weighted by atomic mass is 32.1. The second-order valence-corrected chi connectivity index (χ2v) is 5.61. The fourth-order valence-electron chi connectivity index (χ4n) is 1.75. The molecular formula is C15H18N2O3S. The first kappa shape index (κ1) is 15.3. The number of hydrogen-bond acceptors (Lipinski definition) is 6. The fourth-order valence-corrected chi connectivity index (χ4v) is 2.46. The van der Waals surface area contributed by atoms with Crippen molar-refractivity contribution in [3.05, 3.63) is 40.3 Å². The number of methoxy groups -OCH3 is 1. The van der Waals surface area contributed by atoms with Crippen molar-refractivity contribution in [2.24, 2.45) is 0 Å². The van der Waals surface area contributed by atoms with Gasteiger partial charge in [-0.1, -0.05) is 0 Å². The molecule has 2 rings (SSSR count). The van der Waals surface area contributed by atoms with Crippen LogP contribution in [0.2, 0.25) is 0 Å². The fraction of sp³-hybridized carbons (Fsp3) is 0.333. The molecule has 1 atom stereocenters. The Morgan fingerprint density at radius 2 is 2.10 bits per heavy atom. The summed E-state index contributed by atoms with van der Waals surface area (Å²) in [6.07, 6.45) is 0. The molecule has 1 aromatic heterocycles. The van der Waals surface area contributed by atoms with E-state index in [1.165, 1.54) is 7.11 Å². The maximum atomic E-state index is 11.0. The molecule has 1 N–H and O–H groups in total. The Hall–Kier alpha value is -2.08. The smallest absolute Gasteiger partial charge is 0.343 e. The molecule has 1 heterocycles. The minimum absolute atomic E-state index is 0.0855. The van der Waals surface area contributed by atoms with Crippen molar-refractivity contribution in [1.29, 1.82) is 0 Å². The van der Waals surface area contributed by atoms with Gasteiger partial charge < -0.3 is 14.8 Å². The van der Waals surface area contributed by atoms with Crippen LogP contribution in [-0.4, -0.2) is 24.7 Å². The molecule has 6 heteroatoms. The van der Waals surface area contributed by atoms with E-state index in [9.17, 15) is 4.79 Å². The number of benzene rings is 1. The van der Waals surface area contributed by atoms with Crippen molar-refractivity contribution in [2.75, 3.05) is 19.0 Å². The molecule has 0 saturated heterocycles. The molecule has 0 spiro atoms. The second kappa shape index (κ2) is 7.08. The molecular weight excluding hydrogens is 288 g/mol. The van der Waals surface area contributed by atoms with Crippen LogP contribution in [0.5, 0.6) is 5.75 Å². The third-order valence-corrected chi connectivity index (χ3v) is 3.69. The number of thiazole rings is 1. The molecule has 0 bridgehead atoms. The summed E-state index contributed by atoms with van der Waals surface area (Å²) in [5.74, 6) is 0.229. The molecule has 1 unspecified atom stereocenters. The van der Waals surface area contributed by atoms with Crippen molar-refractivity contribution in [1.82, 2.24) is 4.98 Å². The monoisotopic (exact) mass is 306 g/mol. The molecule has 0 radical (unpaired) electrons. The minimum atomic E-state index is -0.398. The summed E-state index contributed by atoms with van der Waals surface area (Å²) >= 11 is 1.64. The van der Waals surface area contributed by atoms with E-state index in [1.807, 2.05) is 31.2 Å². The number of carbonyl (C=O) groups is 1. The third kappa shape index (κ3) is 4.46. The number of ether oxygens (including phenoxy) is 2. The first-order valence-electron chi connectivity index (χ1n) is 6.56. The predicted molar refractivity (Wildman–Crippen MR) is 82.8 cm³/mol. The summed E-state index contributed by atoms with van der Waals surface area (Å²) < 4.78 is 9.81. The number of aryl methyl sites for hydroxylation is 1. The van der Waals surface area contributed by atoms with Crippen LogP contribution in [-0.2, 0) is 9.53 Å². The largest absolute Gasteiger partial charge is 0.482 e. The van der Waals surface area contributed by atoms with Gasteiger partial charge in [0.05, 0.1) is 23.9 Å². The lowest BCUT2D eigenvalue weighted by Gasteiger charge is -2.13. The van der Waals surface area contributed by atoms with E-state index in [0.29, 0.717) is 5.75 Å². The van der Waals surface area contributed by atoms with Crippen molar-refractivity contribution < 1.29 is 14.3 Å². The van der Waals surface area contributed by atoms with E-state index in [-0.39, 0.29) is 12.6 Å². The van der Waals surface area contributed by atoms with Crippen LogP contribution in [0.1, 0.15) is 23.7 Å². The highest BCUT2D eigenvalue weighted by molar-refractivity contribution is 7.09. The Labute approximate surface area is 127 Å². The zero-order chi connectivity index (χ0) is 15.2. The topological polar surface area (TPSA) is 60.5 Å². The maximum absolute atomic E-state index is 11.0. The molecule has 5 nitrogen and oxygen atoms in total. The molecule has 0 aliphatic heterocycles. The first-order chi connectivity index (χ1) is 10.1. The molecule has 2 aromatic rings. The number of esters is 1. The zero-order valence-electron chi connectivity index (χ0n) is 12.3. The molecule has 0 saturated carbocycles. The van der Waals surface area contributed by atoms with Gasteiger partial charge >= 0.3 is 5.97 Å². The predicted octanol–water partition coefficient (Wildman–Crippen LogP) is 3.18. The SMILES string of the molecule is COC(=O)COc1ccc(NC(C)c2csc(C)n2)cc1. The van der Waals surface area contributed by atoms with Gasteiger partial charge in [-0.05, 0) is 38.1 Å². The quantitative estimate of drug-likeness (QED) is 0.831. The summed E-state index contributed by atoms with van der Waals surface area (Å²) in [4.78, 5) is 15.5. The highest BCUT2D eigenvalue weighted by Gasteiger charge is 2.09. The highest BCUT2D eigenvalue weighted by Crippen LogP contribution is 2.22. The number of nitrogens with zero attached hydrogens (tertiary/aromatic N) is 1. The van der Waals surface area contributed by atoms with Gasteiger partial charge in [-0.25, -0.2) is 9.78 Å². The van der Waals surface area contributed by atoms with E-state index in [2.05, 4.69) is 27.3 Å². The van der Waals surface area contributed by atoms with Crippen molar-refractivity contribution >= 4 is 23.0 Å². The van der Waals surface area contributed by atoms with Crippen molar-refractivity contribution in [3.8, 4) is 5.75 Å². The van der Waals surface area contributed by atoms with Gasteiger partial charge in [-0.3, -0.25) is 0 Å². The second-order valence-electron chi connectivity index (χ2n) is 4.55. The molecule has 0 amide bonds. The first-order valence-corrected chi connectivity index (χ1v) is 7.44. The van der Waals surface area contributed by atoms with Gasteiger partial charge in [0.25, 0.3) is 0 Å². The van der Waals surface area contributed by atoms with E-state index >= 15 is 0 Å². The van der Waals surface area contributed by atoms with Crippen molar-refractivity contribution in [2.45, 2.75) is 19.9 Å². The van der Waals surface area contributed by atoms with Crippen molar-refractivity contribution in [3.63, 3.8) is 0 Å². The molecule has 21 heavy (non-hydrogen) atoms. The summed E-state index contributed by atoms with van der Waals surface area (Å²) in [6.45, 7) is 3.97. The van der Waals surface area contributed by atoms with Crippen LogP contribution >= 0.6 is 11.3 Å². The summed E-state index contributed by atoms with van der Waals surface area (Å²) in [5, 5.41) is 6.49. The van der Waals surface area contributed by atoms with Gasteiger partial charge in [-0.2, -0.15) is 0 Å². The Balaban J connectivity index is 1.91. The minimum Gasteiger partial charge on any atom is -0.482 e. The van der Waals surface area contributed by atoms with E-state index in [0.717, 1.165) is 16.4 Å². The third-order valence-electron chi connectivity index (χ3n) is 2.90. The van der Waals surface area contributed by atoms with E-state index in [1.54, 1.807) is 11.3 Å². The zero-order valence-corrected chi connectivity index (χ0v) is 13.1. The summed E-state index contributed by atoms with van der Waals surface area (Å²) in [6, 6.07) is 7.57. The molecule has 0 aliphatic rings. The average Bonchev–Trinajstić information content (AvgIpc) is 2.93. The lowest BCUT2D eigenvalue weighted by Crippen LogP contribution is -2.12. The lowest BCUT2D eigenvalue weighted by molar-refractivity contribution is -0.142. The lowest BCUT2D eigenvalue weighted by atomic mass is 10.2. The molecule has 1 aromatic carbocycles. The van der Waals surface area contributed by atoms with Gasteiger partial charge in [0, 0.05) is 11.1 Å². The van der Waals surface area contributed by atoms with Gasteiger partial charge in [0.1, 0.15) is 5.75 Å². The van der Waals surface area contributed by atoms with Gasteiger partial charge in [-0.15, -0.1) is 11.3 Å². The molecule has 0 fully saturated rings. The number of rotatable bonds is 6. The standard InChI is InChI=1S/C15H18N2O3S/c1-10(14-9-21-11(2)17-14)16-12-4-6-13(7-5-12)20-8-15(18)19-3/h4-7,9-10,16H,8H2,1-3H3. The Kier molecular flexibility index (Phi) is 5.16. The van der Waals surface area contributed by atoms with Gasteiger partial charge in [0.15, 0.2) is 6.61 Å². The molecule has 0 aliphatic carbocycles. The Bertz CT molecular complexity index is 595.